The van der Waals surface area contributed by atoms with Crippen LogP contribution in [-0.2, 0) is 6.42 Å². The van der Waals surface area contributed by atoms with Gasteiger partial charge in [0.15, 0.2) is 0 Å². The molecular weight excluding hydrogens is 390 g/mol. The molecular formula is C25H25N3O3. The smallest absolute Gasteiger partial charge is 0.335 e. The van der Waals surface area contributed by atoms with E-state index in [4.69, 9.17) is 9.84 Å². The second kappa shape index (κ2) is 7.73. The number of hydrogen-bond donors (Lipinski definition) is 1. The maximum atomic E-state index is 11.4. The topological polar surface area (TPSA) is 85.9 Å². The molecule has 5 rings (SSSR count). The minimum atomic E-state index is -0.895. The summed E-state index contributed by atoms with van der Waals surface area (Å²) < 4.78 is 5.45. The van der Waals surface area contributed by atoms with E-state index in [0.29, 0.717) is 28.7 Å². The van der Waals surface area contributed by atoms with Crippen molar-refractivity contribution in [3.05, 3.63) is 58.7 Å². The molecule has 0 bridgehead atoms. The Morgan fingerprint density at radius 1 is 1.19 bits per heavy atom. The molecule has 0 radical (unpaired) electrons. The highest BCUT2D eigenvalue weighted by Gasteiger charge is 2.45. The van der Waals surface area contributed by atoms with Crippen molar-refractivity contribution in [3.8, 4) is 11.8 Å². The second-order valence-corrected chi connectivity index (χ2v) is 8.68. The number of anilines is 1. The van der Waals surface area contributed by atoms with Gasteiger partial charge in [-0.25, -0.2) is 4.79 Å². The van der Waals surface area contributed by atoms with Crippen molar-refractivity contribution < 1.29 is 14.6 Å². The second-order valence-electron chi connectivity index (χ2n) is 8.68. The zero-order chi connectivity index (χ0) is 21.5. The predicted molar refractivity (Wildman–Crippen MR) is 118 cm³/mol. The van der Waals surface area contributed by atoms with Crippen LogP contribution in [0.2, 0.25) is 0 Å². The molecule has 158 valence electrons. The van der Waals surface area contributed by atoms with Gasteiger partial charge < -0.3 is 9.84 Å². The summed E-state index contributed by atoms with van der Waals surface area (Å²) in [4.78, 5) is 11.4. The lowest BCUT2D eigenvalue weighted by Gasteiger charge is -2.34. The van der Waals surface area contributed by atoms with Crippen LogP contribution in [0.25, 0.3) is 0 Å². The van der Waals surface area contributed by atoms with Gasteiger partial charge in [-0.2, -0.15) is 10.4 Å². The number of aromatic carboxylic acids is 1. The number of carboxylic acid groups (broad SMARTS) is 1. The third kappa shape index (κ3) is 3.25. The number of hydrazone groups is 1. The molecule has 2 aliphatic carbocycles. The van der Waals surface area contributed by atoms with Crippen molar-refractivity contribution in [1.29, 1.82) is 5.26 Å². The van der Waals surface area contributed by atoms with Crippen LogP contribution in [0.1, 0.15) is 59.2 Å². The molecule has 1 aliphatic heterocycles. The largest absolute Gasteiger partial charge is 0.495 e. The van der Waals surface area contributed by atoms with Gasteiger partial charge in [0.2, 0.25) is 0 Å². The Hall–Kier alpha value is -3.33. The number of rotatable bonds is 4. The Morgan fingerprint density at radius 3 is 2.71 bits per heavy atom. The van der Waals surface area contributed by atoms with Crippen LogP contribution in [0, 0.1) is 23.2 Å². The van der Waals surface area contributed by atoms with Crippen LogP contribution in [0.4, 0.5) is 5.69 Å². The molecule has 6 heteroatoms. The SMILES string of the molecule is COc1cc(N2N=C3c4ccc(C(=O)O)cc4CC[C@@H]3[C@@H]2C2CCCC2)ccc1C#N. The summed E-state index contributed by atoms with van der Waals surface area (Å²) in [6.07, 6.45) is 6.77. The molecule has 31 heavy (non-hydrogen) atoms. The van der Waals surface area contributed by atoms with E-state index in [0.717, 1.165) is 35.4 Å². The van der Waals surface area contributed by atoms with Crippen molar-refractivity contribution >= 4 is 17.4 Å². The molecule has 0 aromatic heterocycles. The Bertz CT molecular complexity index is 1110. The van der Waals surface area contributed by atoms with Gasteiger partial charge in [-0.05, 0) is 61.4 Å². The average molecular weight is 415 g/mol. The monoisotopic (exact) mass is 415 g/mol. The van der Waals surface area contributed by atoms with Gasteiger partial charge in [0.05, 0.1) is 35.7 Å². The Balaban J connectivity index is 1.59. The van der Waals surface area contributed by atoms with E-state index in [1.807, 2.05) is 18.2 Å². The fraction of sp³-hybridized carbons (Fsp3) is 0.400. The first-order valence-electron chi connectivity index (χ1n) is 10.9. The summed E-state index contributed by atoms with van der Waals surface area (Å²) >= 11 is 0. The van der Waals surface area contributed by atoms with Crippen molar-refractivity contribution in [3.63, 3.8) is 0 Å². The first kappa shape index (κ1) is 19.6. The first-order chi connectivity index (χ1) is 15.1. The van der Waals surface area contributed by atoms with Gasteiger partial charge in [0.25, 0.3) is 0 Å². The third-order valence-electron chi connectivity index (χ3n) is 7.07. The summed E-state index contributed by atoms with van der Waals surface area (Å²) in [5.74, 6) is 0.570. The lowest BCUT2D eigenvalue weighted by Crippen LogP contribution is -2.40. The summed E-state index contributed by atoms with van der Waals surface area (Å²) in [6.45, 7) is 0. The maximum Gasteiger partial charge on any atom is 0.335 e. The molecule has 0 spiro atoms. The van der Waals surface area contributed by atoms with E-state index >= 15 is 0 Å². The number of nitrogens with zero attached hydrogens (tertiary/aromatic N) is 3. The highest BCUT2D eigenvalue weighted by atomic mass is 16.5. The van der Waals surface area contributed by atoms with E-state index in [1.54, 1.807) is 25.3 Å². The molecule has 1 N–H and O–H groups in total. The van der Waals surface area contributed by atoms with Gasteiger partial charge in [-0.15, -0.1) is 0 Å². The quantitative estimate of drug-likeness (QED) is 0.788. The minimum Gasteiger partial charge on any atom is -0.495 e. The number of carboxylic acids is 1. The van der Waals surface area contributed by atoms with Crippen LogP contribution in [0.15, 0.2) is 41.5 Å². The summed E-state index contributed by atoms with van der Waals surface area (Å²) in [6, 6.07) is 13.5. The summed E-state index contributed by atoms with van der Waals surface area (Å²) in [5, 5.41) is 26.0. The van der Waals surface area contributed by atoms with Crippen LogP contribution < -0.4 is 9.75 Å². The van der Waals surface area contributed by atoms with Crippen molar-refractivity contribution in [1.82, 2.24) is 0 Å². The van der Waals surface area contributed by atoms with Crippen LogP contribution in [0.3, 0.4) is 0 Å². The molecule has 0 saturated heterocycles. The fourth-order valence-corrected chi connectivity index (χ4v) is 5.62. The molecule has 2 aromatic carbocycles. The number of benzene rings is 2. The van der Waals surface area contributed by atoms with Gasteiger partial charge in [-0.3, -0.25) is 5.01 Å². The Morgan fingerprint density at radius 2 is 2.00 bits per heavy atom. The first-order valence-corrected chi connectivity index (χ1v) is 10.9. The van der Waals surface area contributed by atoms with Gasteiger partial charge in [0, 0.05) is 17.5 Å². The van der Waals surface area contributed by atoms with Crippen molar-refractivity contribution in [2.24, 2.45) is 16.9 Å². The van der Waals surface area contributed by atoms with Gasteiger partial charge in [0.1, 0.15) is 11.8 Å². The molecule has 3 aliphatic rings. The zero-order valence-electron chi connectivity index (χ0n) is 17.5. The minimum absolute atomic E-state index is 0.280. The Labute approximate surface area is 181 Å². The third-order valence-corrected chi connectivity index (χ3v) is 7.07. The van der Waals surface area contributed by atoms with Gasteiger partial charge >= 0.3 is 5.97 Å². The number of ether oxygens (including phenoxy) is 1. The van der Waals surface area contributed by atoms with E-state index in [2.05, 4.69) is 11.1 Å². The average Bonchev–Trinajstić information content (AvgIpc) is 3.45. The highest BCUT2D eigenvalue weighted by molar-refractivity contribution is 6.07. The highest BCUT2D eigenvalue weighted by Crippen LogP contribution is 2.45. The Kier molecular flexibility index (Phi) is 4.90. The molecule has 0 amide bonds. The lowest BCUT2D eigenvalue weighted by molar-refractivity contribution is 0.0696. The standard InChI is InChI=1S/C25H25N3O3/c1-31-22-13-19(9-6-18(22)14-26)28-24(15-4-2-3-5-15)21-11-7-16-12-17(25(29)30)8-10-20(16)23(21)27-28/h6,8-10,12-13,15,21,24H,2-5,7,11H2,1H3,(H,29,30)/t21-,24-/m0/s1. The van der Waals surface area contributed by atoms with Crippen LogP contribution in [0.5, 0.6) is 5.75 Å². The number of nitriles is 1. The van der Waals surface area contributed by atoms with Crippen LogP contribution in [-0.4, -0.2) is 29.9 Å². The van der Waals surface area contributed by atoms with E-state index in [-0.39, 0.29) is 6.04 Å². The maximum absolute atomic E-state index is 11.4. The van der Waals surface area contributed by atoms with Crippen LogP contribution >= 0.6 is 0 Å². The number of carbonyl (C=O) groups is 1. The lowest BCUT2D eigenvalue weighted by atomic mass is 9.75. The number of fused-ring (bicyclic) bond motifs is 3. The molecule has 2 atom stereocenters. The summed E-state index contributed by atoms with van der Waals surface area (Å²) in [7, 11) is 1.58. The van der Waals surface area contributed by atoms with Gasteiger partial charge in [-0.1, -0.05) is 18.9 Å². The van der Waals surface area contributed by atoms with E-state index < -0.39 is 5.97 Å². The zero-order valence-corrected chi connectivity index (χ0v) is 17.5. The summed E-state index contributed by atoms with van der Waals surface area (Å²) in [5.41, 5.74) is 5.00. The molecule has 2 aromatic rings. The molecule has 0 unspecified atom stereocenters. The molecule has 1 heterocycles. The number of methoxy groups -OCH3 is 1. The van der Waals surface area contributed by atoms with E-state index in [9.17, 15) is 15.2 Å². The van der Waals surface area contributed by atoms with Crippen molar-refractivity contribution in [2.75, 3.05) is 12.1 Å². The number of hydrogen-bond acceptors (Lipinski definition) is 5. The van der Waals surface area contributed by atoms with E-state index in [1.165, 1.54) is 25.7 Å². The normalized spacial score (nSPS) is 22.5. The molecule has 1 fully saturated rings. The molecule has 6 nitrogen and oxygen atoms in total. The predicted octanol–water partition coefficient (Wildman–Crippen LogP) is 4.61. The fourth-order valence-electron chi connectivity index (χ4n) is 5.62. The molecule has 1 saturated carbocycles. The van der Waals surface area contributed by atoms with Crippen molar-refractivity contribution in [2.45, 2.75) is 44.6 Å². The number of aryl methyl sites for hydroxylation is 1.